The van der Waals surface area contributed by atoms with E-state index in [0.717, 1.165) is 48.3 Å². The highest BCUT2D eigenvalue weighted by Crippen LogP contribution is 2.31. The third-order valence-corrected chi connectivity index (χ3v) is 6.74. The largest absolute Gasteiger partial charge is 0.497 e. The van der Waals surface area contributed by atoms with Crippen molar-refractivity contribution in [2.75, 3.05) is 32.1 Å². The van der Waals surface area contributed by atoms with Gasteiger partial charge in [0, 0.05) is 17.5 Å². The van der Waals surface area contributed by atoms with Crippen molar-refractivity contribution in [1.29, 1.82) is 0 Å². The summed E-state index contributed by atoms with van der Waals surface area (Å²) in [5.74, 6) is 1.18. The molecule has 1 aliphatic heterocycles. The van der Waals surface area contributed by atoms with Crippen LogP contribution in [-0.4, -0.2) is 42.5 Å². The van der Waals surface area contributed by atoms with E-state index in [1.807, 2.05) is 30.3 Å². The molecule has 1 N–H and O–H groups in total. The number of amides is 1. The Morgan fingerprint density at radius 3 is 2.75 bits per heavy atom. The van der Waals surface area contributed by atoms with Crippen molar-refractivity contribution >= 4 is 22.5 Å². The molecule has 1 unspecified atom stereocenters. The molecule has 5 heteroatoms. The quantitative estimate of drug-likeness (QED) is 0.324. The topological polar surface area (TPSA) is 54.5 Å². The molecule has 1 amide bonds. The zero-order chi connectivity index (χ0) is 22.8. The SMILES string of the molecule is C=CCC(C(=O)Nc1ccnc2ccc(OC)cc12)C1CCN(CCCCCCC)CC1. The minimum Gasteiger partial charge on any atom is -0.497 e. The Hall–Kier alpha value is -2.40. The van der Waals surface area contributed by atoms with Crippen molar-refractivity contribution in [1.82, 2.24) is 9.88 Å². The van der Waals surface area contributed by atoms with Gasteiger partial charge in [0.15, 0.2) is 0 Å². The first-order valence-electron chi connectivity index (χ1n) is 12.2. The number of hydrogen-bond donors (Lipinski definition) is 1. The molecule has 1 fully saturated rings. The number of aromatic nitrogens is 1. The summed E-state index contributed by atoms with van der Waals surface area (Å²) in [6.07, 6.45) is 13.1. The fourth-order valence-electron chi connectivity index (χ4n) is 4.80. The smallest absolute Gasteiger partial charge is 0.228 e. The van der Waals surface area contributed by atoms with Gasteiger partial charge >= 0.3 is 0 Å². The summed E-state index contributed by atoms with van der Waals surface area (Å²) in [5, 5.41) is 4.09. The fourth-order valence-corrected chi connectivity index (χ4v) is 4.80. The molecule has 32 heavy (non-hydrogen) atoms. The van der Waals surface area contributed by atoms with Crippen LogP contribution in [0.3, 0.4) is 0 Å². The molecule has 5 nitrogen and oxygen atoms in total. The number of anilines is 1. The molecule has 1 aromatic carbocycles. The first kappa shape index (κ1) is 24.2. The molecule has 0 bridgehead atoms. The number of unbranched alkanes of at least 4 members (excludes halogenated alkanes) is 4. The molecule has 0 saturated carbocycles. The number of likely N-dealkylation sites (tertiary alicyclic amines) is 1. The standard InChI is InChI=1S/C27H39N3O2/c1-4-6-7-8-9-17-30-18-14-21(15-19-30)23(10-5-2)27(31)29-26-13-16-28-25-12-11-22(32-3)20-24(25)26/h5,11-13,16,20-21,23H,2,4,6-10,14-15,17-19H2,1,3H3,(H,28,29,31). The van der Waals surface area contributed by atoms with Crippen LogP contribution in [0.25, 0.3) is 10.9 Å². The van der Waals surface area contributed by atoms with E-state index in [2.05, 4.69) is 28.7 Å². The van der Waals surface area contributed by atoms with E-state index in [1.165, 1.54) is 38.6 Å². The van der Waals surface area contributed by atoms with Crippen LogP contribution in [0.1, 0.15) is 58.3 Å². The second-order valence-electron chi connectivity index (χ2n) is 8.95. The van der Waals surface area contributed by atoms with Gasteiger partial charge < -0.3 is 15.0 Å². The Labute approximate surface area is 193 Å². The van der Waals surface area contributed by atoms with E-state index in [4.69, 9.17) is 4.74 Å². The van der Waals surface area contributed by atoms with Crippen molar-refractivity contribution in [3.05, 3.63) is 43.1 Å². The van der Waals surface area contributed by atoms with E-state index >= 15 is 0 Å². The summed E-state index contributed by atoms with van der Waals surface area (Å²) < 4.78 is 5.36. The molecule has 0 spiro atoms. The van der Waals surface area contributed by atoms with E-state index in [9.17, 15) is 4.79 Å². The van der Waals surface area contributed by atoms with Gasteiger partial charge in [-0.3, -0.25) is 9.78 Å². The van der Waals surface area contributed by atoms with Gasteiger partial charge in [0.25, 0.3) is 0 Å². The molecular formula is C27H39N3O2. The van der Waals surface area contributed by atoms with Gasteiger partial charge in [0.1, 0.15) is 5.75 Å². The van der Waals surface area contributed by atoms with Crippen LogP contribution in [0.4, 0.5) is 5.69 Å². The van der Waals surface area contributed by atoms with Crippen molar-refractivity contribution in [3.8, 4) is 5.75 Å². The Kier molecular flexibility index (Phi) is 9.54. The number of ether oxygens (including phenoxy) is 1. The molecule has 0 radical (unpaired) electrons. The summed E-state index contributed by atoms with van der Waals surface area (Å²) >= 11 is 0. The number of benzene rings is 1. The zero-order valence-corrected chi connectivity index (χ0v) is 19.8. The molecule has 1 aliphatic rings. The highest BCUT2D eigenvalue weighted by atomic mass is 16.5. The van der Waals surface area contributed by atoms with Gasteiger partial charge in [-0.25, -0.2) is 0 Å². The van der Waals surface area contributed by atoms with Crippen LogP contribution in [0, 0.1) is 11.8 Å². The van der Waals surface area contributed by atoms with Gasteiger partial charge in [0.05, 0.1) is 18.3 Å². The minimum atomic E-state index is -0.0481. The van der Waals surface area contributed by atoms with Crippen molar-refractivity contribution in [3.63, 3.8) is 0 Å². The van der Waals surface area contributed by atoms with Crippen LogP contribution in [0.15, 0.2) is 43.1 Å². The monoisotopic (exact) mass is 437 g/mol. The molecular weight excluding hydrogens is 398 g/mol. The zero-order valence-electron chi connectivity index (χ0n) is 19.8. The number of methoxy groups -OCH3 is 1. The van der Waals surface area contributed by atoms with Crippen LogP contribution >= 0.6 is 0 Å². The second-order valence-corrected chi connectivity index (χ2v) is 8.95. The summed E-state index contributed by atoms with van der Waals surface area (Å²) in [6.45, 7) is 9.56. The second kappa shape index (κ2) is 12.6. The van der Waals surface area contributed by atoms with E-state index in [1.54, 1.807) is 13.3 Å². The molecule has 2 heterocycles. The summed E-state index contributed by atoms with van der Waals surface area (Å²) in [4.78, 5) is 20.3. The number of nitrogens with zero attached hydrogens (tertiary/aromatic N) is 2. The Balaban J connectivity index is 1.60. The average Bonchev–Trinajstić information content (AvgIpc) is 2.83. The maximum atomic E-state index is 13.3. The normalized spacial score (nSPS) is 16.1. The number of carbonyl (C=O) groups excluding carboxylic acids is 1. The van der Waals surface area contributed by atoms with Crippen molar-refractivity contribution in [2.45, 2.75) is 58.3 Å². The van der Waals surface area contributed by atoms with Gasteiger partial charge in [-0.15, -0.1) is 6.58 Å². The van der Waals surface area contributed by atoms with Gasteiger partial charge in [-0.1, -0.05) is 38.7 Å². The van der Waals surface area contributed by atoms with Crippen LogP contribution in [0.2, 0.25) is 0 Å². The number of pyridine rings is 1. The van der Waals surface area contributed by atoms with Crippen molar-refractivity contribution < 1.29 is 9.53 Å². The fraction of sp³-hybridized carbons (Fsp3) is 0.556. The lowest BCUT2D eigenvalue weighted by Crippen LogP contribution is -2.39. The maximum Gasteiger partial charge on any atom is 0.228 e. The number of carbonyl (C=O) groups is 1. The molecule has 0 aliphatic carbocycles. The third kappa shape index (κ3) is 6.55. The molecule has 174 valence electrons. The highest BCUT2D eigenvalue weighted by Gasteiger charge is 2.30. The number of rotatable bonds is 12. The lowest BCUT2D eigenvalue weighted by Gasteiger charge is -2.35. The third-order valence-electron chi connectivity index (χ3n) is 6.74. The molecule has 1 atom stereocenters. The predicted octanol–water partition coefficient (Wildman–Crippen LogP) is 6.06. The highest BCUT2D eigenvalue weighted by molar-refractivity contribution is 6.02. The molecule has 2 aromatic rings. The van der Waals surface area contributed by atoms with Crippen LogP contribution in [0.5, 0.6) is 5.75 Å². The Morgan fingerprint density at radius 1 is 1.25 bits per heavy atom. The van der Waals surface area contributed by atoms with Gasteiger partial charge in [-0.05, 0) is 75.5 Å². The molecule has 1 aromatic heterocycles. The first-order chi connectivity index (χ1) is 15.7. The average molecular weight is 438 g/mol. The van der Waals surface area contributed by atoms with Crippen LogP contribution in [-0.2, 0) is 4.79 Å². The van der Waals surface area contributed by atoms with E-state index in [-0.39, 0.29) is 11.8 Å². The van der Waals surface area contributed by atoms with E-state index < -0.39 is 0 Å². The summed E-state index contributed by atoms with van der Waals surface area (Å²) in [5.41, 5.74) is 1.63. The molecule has 3 rings (SSSR count). The first-order valence-corrected chi connectivity index (χ1v) is 12.2. The van der Waals surface area contributed by atoms with Crippen molar-refractivity contribution in [2.24, 2.45) is 11.8 Å². The van der Waals surface area contributed by atoms with Gasteiger partial charge in [-0.2, -0.15) is 0 Å². The lowest BCUT2D eigenvalue weighted by atomic mass is 9.81. The summed E-state index contributed by atoms with van der Waals surface area (Å²) in [6, 6.07) is 7.60. The predicted molar refractivity (Wildman–Crippen MR) is 133 cm³/mol. The minimum absolute atomic E-state index is 0.0481. The van der Waals surface area contributed by atoms with Crippen LogP contribution < -0.4 is 10.1 Å². The Morgan fingerprint density at radius 2 is 2.03 bits per heavy atom. The summed E-state index contributed by atoms with van der Waals surface area (Å²) in [7, 11) is 1.65. The number of fused-ring (bicyclic) bond motifs is 1. The lowest BCUT2D eigenvalue weighted by molar-refractivity contribution is -0.122. The number of allylic oxidation sites excluding steroid dienone is 1. The molecule has 1 saturated heterocycles. The number of hydrogen-bond acceptors (Lipinski definition) is 4. The Bertz CT molecular complexity index is 874. The number of piperidine rings is 1. The van der Waals surface area contributed by atoms with E-state index in [0.29, 0.717) is 12.3 Å². The van der Waals surface area contributed by atoms with Gasteiger partial charge in [0.2, 0.25) is 5.91 Å². The maximum absolute atomic E-state index is 13.3. The number of nitrogens with one attached hydrogen (secondary N) is 1.